The smallest absolute Gasteiger partial charge is 0.234 e. The highest BCUT2D eigenvalue weighted by molar-refractivity contribution is 6.31. The number of amides is 1. The van der Waals surface area contributed by atoms with Gasteiger partial charge in [0, 0.05) is 11.6 Å². The summed E-state index contributed by atoms with van der Waals surface area (Å²) in [5.74, 6) is 0.462. The van der Waals surface area contributed by atoms with Crippen molar-refractivity contribution in [2.24, 2.45) is 0 Å². The van der Waals surface area contributed by atoms with Gasteiger partial charge in [-0.2, -0.15) is 0 Å². The Labute approximate surface area is 114 Å². The molecule has 1 amide bonds. The molecule has 4 heteroatoms. The van der Waals surface area contributed by atoms with Crippen LogP contribution in [0.5, 0.6) is 0 Å². The molecule has 0 aromatic heterocycles. The van der Waals surface area contributed by atoms with Crippen LogP contribution in [-0.4, -0.2) is 31.4 Å². The van der Waals surface area contributed by atoms with Crippen LogP contribution in [0.15, 0.2) is 18.2 Å². The number of benzene rings is 1. The fourth-order valence-corrected chi connectivity index (χ4v) is 1.86. The standard InChI is InChI=1S/C14H21ClN2O/c1-10(2)11-5-6-12(13(15)7-11)8-16-14(18)9-17(3)4/h5-7,10H,8-9H2,1-4H3,(H,16,18). The van der Waals surface area contributed by atoms with E-state index in [0.29, 0.717) is 24.0 Å². The van der Waals surface area contributed by atoms with Gasteiger partial charge in [-0.05, 0) is 37.2 Å². The lowest BCUT2D eigenvalue weighted by Crippen LogP contribution is -2.32. The van der Waals surface area contributed by atoms with Crippen molar-refractivity contribution >= 4 is 17.5 Å². The summed E-state index contributed by atoms with van der Waals surface area (Å²) in [5, 5.41) is 3.57. The zero-order valence-corrected chi connectivity index (χ0v) is 12.2. The Morgan fingerprint density at radius 3 is 2.56 bits per heavy atom. The van der Waals surface area contributed by atoms with Crippen molar-refractivity contribution < 1.29 is 4.79 Å². The lowest BCUT2D eigenvalue weighted by molar-refractivity contribution is -0.121. The van der Waals surface area contributed by atoms with Gasteiger partial charge < -0.3 is 10.2 Å². The van der Waals surface area contributed by atoms with Crippen molar-refractivity contribution in [2.75, 3.05) is 20.6 Å². The monoisotopic (exact) mass is 268 g/mol. The lowest BCUT2D eigenvalue weighted by Gasteiger charge is -2.12. The van der Waals surface area contributed by atoms with Crippen molar-refractivity contribution in [3.8, 4) is 0 Å². The molecule has 1 rings (SSSR count). The van der Waals surface area contributed by atoms with Gasteiger partial charge in [0.2, 0.25) is 5.91 Å². The minimum Gasteiger partial charge on any atom is -0.351 e. The fourth-order valence-electron chi connectivity index (χ4n) is 1.60. The largest absolute Gasteiger partial charge is 0.351 e. The van der Waals surface area contributed by atoms with Gasteiger partial charge in [0.1, 0.15) is 0 Å². The molecule has 0 radical (unpaired) electrons. The Hall–Kier alpha value is -1.06. The van der Waals surface area contributed by atoms with E-state index in [2.05, 4.69) is 25.2 Å². The highest BCUT2D eigenvalue weighted by Gasteiger charge is 2.07. The van der Waals surface area contributed by atoms with Gasteiger partial charge in [-0.15, -0.1) is 0 Å². The van der Waals surface area contributed by atoms with Gasteiger partial charge in [0.05, 0.1) is 6.54 Å². The number of carbonyl (C=O) groups excluding carboxylic acids is 1. The summed E-state index contributed by atoms with van der Waals surface area (Å²) in [6.45, 7) is 5.12. The van der Waals surface area contributed by atoms with Crippen LogP contribution in [-0.2, 0) is 11.3 Å². The van der Waals surface area contributed by atoms with E-state index in [1.54, 1.807) is 0 Å². The van der Waals surface area contributed by atoms with E-state index in [1.807, 2.05) is 31.1 Å². The average Bonchev–Trinajstić information content (AvgIpc) is 2.26. The summed E-state index contributed by atoms with van der Waals surface area (Å²) < 4.78 is 0. The number of carbonyl (C=O) groups is 1. The molecule has 0 aliphatic carbocycles. The van der Waals surface area contributed by atoms with Crippen LogP contribution in [0.2, 0.25) is 5.02 Å². The SMILES string of the molecule is CC(C)c1ccc(CNC(=O)CN(C)C)c(Cl)c1. The molecule has 0 saturated heterocycles. The van der Waals surface area contributed by atoms with E-state index < -0.39 is 0 Å². The average molecular weight is 269 g/mol. The second kappa shape index (κ2) is 6.76. The molecule has 1 N–H and O–H groups in total. The minimum absolute atomic E-state index is 0.00371. The van der Waals surface area contributed by atoms with Crippen LogP contribution in [0, 0.1) is 0 Å². The predicted octanol–water partition coefficient (Wildman–Crippen LogP) is 2.64. The second-order valence-corrected chi connectivity index (χ2v) is 5.43. The van der Waals surface area contributed by atoms with Crippen LogP contribution in [0.1, 0.15) is 30.9 Å². The zero-order chi connectivity index (χ0) is 13.7. The summed E-state index contributed by atoms with van der Waals surface area (Å²) >= 11 is 6.20. The molecule has 0 atom stereocenters. The first-order valence-corrected chi connectivity index (χ1v) is 6.47. The van der Waals surface area contributed by atoms with Gasteiger partial charge in [-0.25, -0.2) is 0 Å². The highest BCUT2D eigenvalue weighted by Crippen LogP contribution is 2.22. The highest BCUT2D eigenvalue weighted by atomic mass is 35.5. The Kier molecular flexibility index (Phi) is 5.63. The van der Waals surface area contributed by atoms with E-state index in [-0.39, 0.29) is 5.91 Å². The van der Waals surface area contributed by atoms with Crippen molar-refractivity contribution in [3.05, 3.63) is 34.3 Å². The summed E-state index contributed by atoms with van der Waals surface area (Å²) in [4.78, 5) is 13.3. The minimum atomic E-state index is 0.00371. The zero-order valence-electron chi connectivity index (χ0n) is 11.5. The van der Waals surface area contributed by atoms with E-state index >= 15 is 0 Å². The third kappa shape index (κ3) is 4.67. The molecule has 0 bridgehead atoms. The summed E-state index contributed by atoms with van der Waals surface area (Å²) in [6, 6.07) is 6.01. The molecular formula is C14H21ClN2O. The molecule has 1 aromatic rings. The molecule has 100 valence electrons. The summed E-state index contributed by atoms with van der Waals surface area (Å²) in [7, 11) is 3.73. The third-order valence-corrected chi connectivity index (χ3v) is 3.03. The molecule has 18 heavy (non-hydrogen) atoms. The molecule has 1 aromatic carbocycles. The number of hydrogen-bond donors (Lipinski definition) is 1. The van der Waals surface area contributed by atoms with Gasteiger partial charge in [0.15, 0.2) is 0 Å². The van der Waals surface area contributed by atoms with Gasteiger partial charge in [-0.3, -0.25) is 4.79 Å². The maximum Gasteiger partial charge on any atom is 0.234 e. The first kappa shape index (κ1) is 15.0. The van der Waals surface area contributed by atoms with E-state index in [4.69, 9.17) is 11.6 Å². The number of nitrogens with zero attached hydrogens (tertiary/aromatic N) is 1. The fraction of sp³-hybridized carbons (Fsp3) is 0.500. The summed E-state index contributed by atoms with van der Waals surface area (Å²) in [6.07, 6.45) is 0. The molecule has 0 aliphatic rings. The van der Waals surface area contributed by atoms with Gasteiger partial charge in [0.25, 0.3) is 0 Å². The molecule has 3 nitrogen and oxygen atoms in total. The number of rotatable bonds is 5. The van der Waals surface area contributed by atoms with Crippen LogP contribution in [0.3, 0.4) is 0 Å². The van der Waals surface area contributed by atoms with Crippen LogP contribution < -0.4 is 5.32 Å². The van der Waals surface area contributed by atoms with E-state index in [0.717, 1.165) is 5.56 Å². The topological polar surface area (TPSA) is 32.3 Å². The number of likely N-dealkylation sites (N-methyl/N-ethyl adjacent to an activating group) is 1. The van der Waals surface area contributed by atoms with Crippen molar-refractivity contribution in [1.29, 1.82) is 0 Å². The first-order valence-electron chi connectivity index (χ1n) is 6.10. The maximum absolute atomic E-state index is 11.5. The molecule has 0 heterocycles. The Morgan fingerprint density at radius 1 is 1.39 bits per heavy atom. The van der Waals surface area contributed by atoms with Crippen molar-refractivity contribution in [2.45, 2.75) is 26.3 Å². The Bertz CT molecular complexity index is 416. The van der Waals surface area contributed by atoms with Gasteiger partial charge >= 0.3 is 0 Å². The predicted molar refractivity (Wildman–Crippen MR) is 75.9 cm³/mol. The van der Waals surface area contributed by atoms with Crippen LogP contribution >= 0.6 is 11.6 Å². The van der Waals surface area contributed by atoms with Gasteiger partial charge in [-0.1, -0.05) is 37.6 Å². The number of hydrogen-bond acceptors (Lipinski definition) is 2. The van der Waals surface area contributed by atoms with Crippen molar-refractivity contribution in [3.63, 3.8) is 0 Å². The van der Waals surface area contributed by atoms with Crippen molar-refractivity contribution in [1.82, 2.24) is 10.2 Å². The Morgan fingerprint density at radius 2 is 2.06 bits per heavy atom. The lowest BCUT2D eigenvalue weighted by atomic mass is 10.0. The first-order chi connectivity index (χ1) is 8.40. The second-order valence-electron chi connectivity index (χ2n) is 5.02. The van der Waals surface area contributed by atoms with Crippen LogP contribution in [0.4, 0.5) is 0 Å². The van der Waals surface area contributed by atoms with E-state index in [9.17, 15) is 4.79 Å². The van der Waals surface area contributed by atoms with E-state index in [1.165, 1.54) is 5.56 Å². The number of halogens is 1. The quantitative estimate of drug-likeness (QED) is 0.890. The number of nitrogens with one attached hydrogen (secondary N) is 1. The van der Waals surface area contributed by atoms with Crippen LogP contribution in [0.25, 0.3) is 0 Å². The third-order valence-electron chi connectivity index (χ3n) is 2.68. The molecule has 0 spiro atoms. The summed E-state index contributed by atoms with van der Waals surface area (Å²) in [5.41, 5.74) is 2.16. The molecular weight excluding hydrogens is 248 g/mol. The Balaban J connectivity index is 2.60. The maximum atomic E-state index is 11.5. The molecule has 0 aliphatic heterocycles. The molecule has 0 saturated carbocycles. The molecule has 0 fully saturated rings. The normalized spacial score (nSPS) is 11.1. The molecule has 0 unspecified atom stereocenters.